The van der Waals surface area contributed by atoms with Gasteiger partial charge in [0.15, 0.2) is 11.6 Å². The molecule has 2 aromatic heterocycles. The summed E-state index contributed by atoms with van der Waals surface area (Å²) in [5.74, 6) is 1.90. The fraction of sp³-hybridized carbons (Fsp3) is 0.300. The van der Waals surface area contributed by atoms with Crippen LogP contribution >= 0.6 is 0 Å². The third-order valence-electron chi connectivity index (χ3n) is 3.94. The number of aromatic nitrogens is 3. The lowest BCUT2D eigenvalue weighted by atomic mass is 10.2. The Hall–Kier alpha value is -3.26. The molecule has 0 fully saturated rings. The Labute approximate surface area is 164 Å². The molecule has 0 saturated heterocycles. The van der Waals surface area contributed by atoms with Crippen molar-refractivity contribution in [1.29, 1.82) is 0 Å². The second-order valence-corrected chi connectivity index (χ2v) is 6.69. The van der Waals surface area contributed by atoms with Crippen molar-refractivity contribution in [3.63, 3.8) is 0 Å². The quantitative estimate of drug-likeness (QED) is 0.580. The minimum Gasteiger partial charge on any atom is -0.360 e. The van der Waals surface area contributed by atoms with E-state index in [1.165, 1.54) is 0 Å². The molecule has 8 heteroatoms. The number of anilines is 2. The highest BCUT2D eigenvalue weighted by molar-refractivity contribution is 5.93. The number of hydrogen-bond donors (Lipinski definition) is 2. The summed E-state index contributed by atoms with van der Waals surface area (Å²) in [5, 5.41) is 9.89. The minimum atomic E-state index is -0.238. The summed E-state index contributed by atoms with van der Waals surface area (Å²) < 4.78 is 5.07. The van der Waals surface area contributed by atoms with Crippen molar-refractivity contribution in [2.24, 2.45) is 0 Å². The molecule has 1 amide bonds. The predicted molar refractivity (Wildman–Crippen MR) is 107 cm³/mol. The van der Waals surface area contributed by atoms with Crippen LogP contribution in [0.4, 0.5) is 11.6 Å². The molecule has 8 nitrogen and oxygen atoms in total. The first-order valence-electron chi connectivity index (χ1n) is 9.09. The van der Waals surface area contributed by atoms with Crippen LogP contribution in [0.3, 0.4) is 0 Å². The van der Waals surface area contributed by atoms with Gasteiger partial charge >= 0.3 is 0 Å². The lowest BCUT2D eigenvalue weighted by Gasteiger charge is -2.11. The Morgan fingerprint density at radius 3 is 2.57 bits per heavy atom. The van der Waals surface area contributed by atoms with Crippen LogP contribution < -0.4 is 10.6 Å². The first-order valence-corrected chi connectivity index (χ1v) is 9.09. The second-order valence-electron chi connectivity index (χ2n) is 6.69. The van der Waals surface area contributed by atoms with Gasteiger partial charge in [-0.05, 0) is 34.0 Å². The normalized spacial score (nSPS) is 10.9. The summed E-state index contributed by atoms with van der Waals surface area (Å²) in [5.41, 5.74) is 1.12. The van der Waals surface area contributed by atoms with E-state index in [1.807, 2.05) is 44.4 Å². The monoisotopic (exact) mass is 380 g/mol. The van der Waals surface area contributed by atoms with Gasteiger partial charge in [-0.25, -0.2) is 9.97 Å². The molecule has 0 spiro atoms. The summed E-state index contributed by atoms with van der Waals surface area (Å²) in [6.45, 7) is 3.28. The maximum atomic E-state index is 12.6. The van der Waals surface area contributed by atoms with Crippen molar-refractivity contribution in [1.82, 2.24) is 25.3 Å². The van der Waals surface area contributed by atoms with Gasteiger partial charge in [0.1, 0.15) is 17.3 Å². The van der Waals surface area contributed by atoms with E-state index in [-0.39, 0.29) is 5.91 Å². The Morgan fingerprint density at radius 1 is 1.11 bits per heavy atom. The van der Waals surface area contributed by atoms with Crippen LogP contribution in [0.2, 0.25) is 0 Å². The van der Waals surface area contributed by atoms with Gasteiger partial charge in [-0.3, -0.25) is 4.79 Å². The third kappa shape index (κ3) is 5.37. The third-order valence-corrected chi connectivity index (χ3v) is 3.94. The van der Waals surface area contributed by atoms with E-state index in [0.717, 1.165) is 18.5 Å². The highest BCUT2D eigenvalue weighted by Gasteiger charge is 2.14. The molecule has 0 atom stereocenters. The van der Waals surface area contributed by atoms with Crippen LogP contribution in [0.25, 0.3) is 11.4 Å². The summed E-state index contributed by atoms with van der Waals surface area (Å²) in [7, 11) is 4.00. The maximum absolute atomic E-state index is 12.6. The van der Waals surface area contributed by atoms with Crippen molar-refractivity contribution < 1.29 is 9.32 Å². The Bertz CT molecular complexity index is 923. The molecule has 0 saturated carbocycles. The van der Waals surface area contributed by atoms with Gasteiger partial charge in [-0.15, -0.1) is 0 Å². The van der Waals surface area contributed by atoms with E-state index in [9.17, 15) is 4.79 Å². The van der Waals surface area contributed by atoms with Gasteiger partial charge in [0.05, 0.1) is 0 Å². The second kappa shape index (κ2) is 9.09. The first-order chi connectivity index (χ1) is 13.5. The van der Waals surface area contributed by atoms with Crippen molar-refractivity contribution in [3.8, 4) is 11.4 Å². The lowest BCUT2D eigenvalue weighted by Crippen LogP contribution is -2.28. The predicted octanol–water partition coefficient (Wildman–Crippen LogP) is 2.87. The molecule has 3 rings (SSSR count). The van der Waals surface area contributed by atoms with Crippen LogP contribution in [0, 0.1) is 6.92 Å². The number of carbonyl (C=O) groups is 1. The number of nitrogens with one attached hydrogen (secondary N) is 2. The van der Waals surface area contributed by atoms with Gasteiger partial charge < -0.3 is 20.1 Å². The van der Waals surface area contributed by atoms with E-state index in [2.05, 4.69) is 30.7 Å². The van der Waals surface area contributed by atoms with Crippen LogP contribution in [0.1, 0.15) is 22.7 Å². The van der Waals surface area contributed by atoms with Gasteiger partial charge in [0.25, 0.3) is 5.91 Å². The number of hydrogen-bond acceptors (Lipinski definition) is 7. The highest BCUT2D eigenvalue weighted by Crippen LogP contribution is 2.20. The molecule has 0 aliphatic heterocycles. The number of nitrogens with zero attached hydrogens (tertiary/aromatic N) is 4. The molecule has 28 heavy (non-hydrogen) atoms. The minimum absolute atomic E-state index is 0.238. The number of carbonyl (C=O) groups excluding carboxylic acids is 1. The average Bonchev–Trinajstić information content (AvgIpc) is 3.10. The molecule has 2 N–H and O–H groups in total. The Balaban J connectivity index is 1.83. The molecule has 1 aromatic carbocycles. The zero-order valence-corrected chi connectivity index (χ0v) is 16.3. The number of amides is 1. The van der Waals surface area contributed by atoms with E-state index in [1.54, 1.807) is 19.1 Å². The molecular weight excluding hydrogens is 356 g/mol. The standard InChI is InChI=1S/C20H24N6O2/c1-14-12-18(25-28-14)23-17-13-16(20(27)21-10-7-11-26(2)3)22-19(24-17)15-8-5-4-6-9-15/h4-6,8-9,12-13H,7,10-11H2,1-3H3,(H,21,27)(H,22,23,24,25). The zero-order valence-electron chi connectivity index (χ0n) is 16.3. The Morgan fingerprint density at radius 2 is 1.89 bits per heavy atom. The van der Waals surface area contributed by atoms with Gasteiger partial charge in [0, 0.05) is 24.2 Å². The van der Waals surface area contributed by atoms with E-state index in [4.69, 9.17) is 4.52 Å². The fourth-order valence-electron chi connectivity index (χ4n) is 2.59. The van der Waals surface area contributed by atoms with Gasteiger partial charge in [-0.1, -0.05) is 35.5 Å². The van der Waals surface area contributed by atoms with Crippen molar-refractivity contribution >= 4 is 17.5 Å². The van der Waals surface area contributed by atoms with E-state index in [0.29, 0.717) is 35.5 Å². The molecule has 0 aliphatic carbocycles. The number of rotatable bonds is 8. The van der Waals surface area contributed by atoms with Crippen LogP contribution in [0.5, 0.6) is 0 Å². The topological polar surface area (TPSA) is 96.2 Å². The lowest BCUT2D eigenvalue weighted by molar-refractivity contribution is 0.0947. The maximum Gasteiger partial charge on any atom is 0.270 e. The van der Waals surface area contributed by atoms with Crippen LogP contribution in [-0.2, 0) is 0 Å². The van der Waals surface area contributed by atoms with Crippen LogP contribution in [0.15, 0.2) is 47.0 Å². The smallest absolute Gasteiger partial charge is 0.270 e. The van der Waals surface area contributed by atoms with Gasteiger partial charge in [-0.2, -0.15) is 0 Å². The van der Waals surface area contributed by atoms with E-state index >= 15 is 0 Å². The molecule has 0 aliphatic rings. The van der Waals surface area contributed by atoms with Crippen molar-refractivity contribution in [2.45, 2.75) is 13.3 Å². The number of aryl methyl sites for hydroxylation is 1. The largest absolute Gasteiger partial charge is 0.360 e. The summed E-state index contributed by atoms with van der Waals surface area (Å²) in [6.07, 6.45) is 0.860. The fourth-order valence-corrected chi connectivity index (χ4v) is 2.59. The van der Waals surface area contributed by atoms with Crippen LogP contribution in [-0.4, -0.2) is 53.1 Å². The number of benzene rings is 1. The molecular formula is C20H24N6O2. The molecule has 3 aromatic rings. The zero-order chi connectivity index (χ0) is 19.9. The Kier molecular flexibility index (Phi) is 6.33. The first kappa shape index (κ1) is 19.5. The summed E-state index contributed by atoms with van der Waals surface area (Å²) >= 11 is 0. The SMILES string of the molecule is Cc1cc(Nc2cc(C(=O)NCCCN(C)C)nc(-c3ccccc3)n2)no1. The molecule has 0 unspecified atom stereocenters. The molecule has 146 valence electrons. The van der Waals surface area contributed by atoms with Crippen molar-refractivity contribution in [3.05, 3.63) is 53.9 Å². The van der Waals surface area contributed by atoms with Crippen molar-refractivity contribution in [2.75, 3.05) is 32.5 Å². The molecule has 2 heterocycles. The van der Waals surface area contributed by atoms with Gasteiger partial charge in [0.2, 0.25) is 0 Å². The molecule has 0 radical (unpaired) electrons. The summed E-state index contributed by atoms with van der Waals surface area (Å²) in [4.78, 5) is 23.6. The molecule has 0 bridgehead atoms. The summed E-state index contributed by atoms with van der Waals surface area (Å²) in [6, 6.07) is 12.9. The average molecular weight is 380 g/mol. The highest BCUT2D eigenvalue weighted by atomic mass is 16.5. The van der Waals surface area contributed by atoms with E-state index < -0.39 is 0 Å².